The van der Waals surface area contributed by atoms with Crippen LogP contribution in [0.3, 0.4) is 0 Å². The average Bonchev–Trinajstić information content (AvgIpc) is 3.06. The average molecular weight is 391 g/mol. The Morgan fingerprint density at radius 2 is 1.96 bits per heavy atom. The van der Waals surface area contributed by atoms with Gasteiger partial charge in [0, 0.05) is 28.9 Å². The third kappa shape index (κ3) is 3.66. The normalized spacial score (nSPS) is 16.0. The molecular formula is C19H20ClFN4S. The summed E-state index contributed by atoms with van der Waals surface area (Å²) >= 11 is 1.80. The fraction of sp³-hybridized carbons (Fsp3) is 0.263. The molecule has 1 atom stereocenters. The van der Waals surface area contributed by atoms with Crippen LogP contribution in [0.5, 0.6) is 0 Å². The standard InChI is InChI=1S/C19H19FN4S.ClH/c1-12-11-17(22-16-5-3-15(20)4-6-16)23-19(21-12)24-9-7-14-8-10-25-18(14)13(24)2;/h3-6,8,10-11,13H,7,9H2,1-2H3,(H,21,22,23);1H. The van der Waals surface area contributed by atoms with Crippen LogP contribution in [0.1, 0.15) is 29.1 Å². The van der Waals surface area contributed by atoms with Gasteiger partial charge >= 0.3 is 0 Å². The number of benzene rings is 1. The van der Waals surface area contributed by atoms with E-state index in [1.807, 2.05) is 13.0 Å². The Kier molecular flexibility index (Phi) is 5.44. The number of halogens is 2. The summed E-state index contributed by atoms with van der Waals surface area (Å²) in [6, 6.07) is 10.7. The lowest BCUT2D eigenvalue weighted by molar-refractivity contribution is 0.619. The van der Waals surface area contributed by atoms with Gasteiger partial charge < -0.3 is 10.2 Å². The van der Waals surface area contributed by atoms with Gasteiger partial charge in [0.2, 0.25) is 5.95 Å². The number of nitrogens with one attached hydrogen (secondary N) is 1. The molecule has 0 spiro atoms. The summed E-state index contributed by atoms with van der Waals surface area (Å²) in [5, 5.41) is 5.39. The zero-order valence-corrected chi connectivity index (χ0v) is 16.2. The predicted molar refractivity (Wildman–Crippen MR) is 107 cm³/mol. The van der Waals surface area contributed by atoms with Crippen molar-refractivity contribution in [2.24, 2.45) is 0 Å². The third-order valence-electron chi connectivity index (χ3n) is 4.47. The van der Waals surface area contributed by atoms with Crippen molar-refractivity contribution in [1.29, 1.82) is 0 Å². The minimum absolute atomic E-state index is 0. The second kappa shape index (κ2) is 7.60. The Hall–Kier alpha value is -2.18. The van der Waals surface area contributed by atoms with Crippen LogP contribution >= 0.6 is 23.7 Å². The lowest BCUT2D eigenvalue weighted by Crippen LogP contribution is -2.34. The summed E-state index contributed by atoms with van der Waals surface area (Å²) in [6.45, 7) is 5.07. The molecule has 7 heteroatoms. The van der Waals surface area contributed by atoms with E-state index >= 15 is 0 Å². The molecular weight excluding hydrogens is 371 g/mol. The van der Waals surface area contributed by atoms with E-state index in [-0.39, 0.29) is 24.3 Å². The topological polar surface area (TPSA) is 41.1 Å². The highest BCUT2D eigenvalue weighted by molar-refractivity contribution is 7.10. The Balaban J connectivity index is 0.00000196. The highest BCUT2D eigenvalue weighted by Crippen LogP contribution is 2.35. The van der Waals surface area contributed by atoms with Gasteiger partial charge in [-0.2, -0.15) is 4.98 Å². The first kappa shape index (κ1) is 18.6. The molecule has 0 radical (unpaired) electrons. The first-order valence-electron chi connectivity index (χ1n) is 8.31. The maximum Gasteiger partial charge on any atom is 0.228 e. The molecule has 1 aliphatic rings. The number of hydrogen-bond acceptors (Lipinski definition) is 5. The Morgan fingerprint density at radius 3 is 2.73 bits per heavy atom. The van der Waals surface area contributed by atoms with E-state index in [0.717, 1.165) is 36.1 Å². The van der Waals surface area contributed by atoms with Crippen LogP contribution in [0.25, 0.3) is 0 Å². The number of hydrogen-bond donors (Lipinski definition) is 1. The molecule has 4 nitrogen and oxygen atoms in total. The lowest BCUT2D eigenvalue weighted by Gasteiger charge is -2.33. The van der Waals surface area contributed by atoms with E-state index in [0.29, 0.717) is 0 Å². The van der Waals surface area contributed by atoms with Crippen molar-refractivity contribution in [3.8, 4) is 0 Å². The smallest absolute Gasteiger partial charge is 0.228 e. The maximum atomic E-state index is 13.1. The van der Waals surface area contributed by atoms with Crippen LogP contribution in [0.4, 0.5) is 21.8 Å². The van der Waals surface area contributed by atoms with E-state index in [1.165, 1.54) is 22.6 Å². The molecule has 2 aromatic heterocycles. The molecule has 0 aliphatic carbocycles. The van der Waals surface area contributed by atoms with Gasteiger partial charge in [0.1, 0.15) is 11.6 Å². The van der Waals surface area contributed by atoms with Gasteiger partial charge in [-0.05, 0) is 61.5 Å². The molecule has 26 heavy (non-hydrogen) atoms. The molecule has 0 bridgehead atoms. The van der Waals surface area contributed by atoms with Crippen molar-refractivity contribution in [1.82, 2.24) is 9.97 Å². The van der Waals surface area contributed by atoms with Crippen molar-refractivity contribution < 1.29 is 4.39 Å². The van der Waals surface area contributed by atoms with E-state index < -0.39 is 0 Å². The van der Waals surface area contributed by atoms with Gasteiger partial charge in [0.15, 0.2) is 0 Å². The van der Waals surface area contributed by atoms with Gasteiger partial charge in [0.05, 0.1) is 6.04 Å². The van der Waals surface area contributed by atoms with Gasteiger partial charge in [-0.1, -0.05) is 0 Å². The number of aromatic nitrogens is 2. The van der Waals surface area contributed by atoms with Crippen LogP contribution in [-0.2, 0) is 6.42 Å². The van der Waals surface area contributed by atoms with Gasteiger partial charge in [0.25, 0.3) is 0 Å². The number of fused-ring (bicyclic) bond motifs is 1. The van der Waals surface area contributed by atoms with Crippen molar-refractivity contribution in [2.75, 3.05) is 16.8 Å². The fourth-order valence-corrected chi connectivity index (χ4v) is 4.22. The quantitative estimate of drug-likeness (QED) is 0.661. The molecule has 0 saturated carbocycles. The molecule has 0 fully saturated rings. The Labute approximate surface area is 162 Å². The molecule has 1 N–H and O–H groups in total. The molecule has 136 valence electrons. The zero-order valence-electron chi connectivity index (χ0n) is 14.6. The number of aryl methyl sites for hydroxylation is 1. The highest BCUT2D eigenvalue weighted by atomic mass is 35.5. The second-order valence-electron chi connectivity index (χ2n) is 6.26. The lowest BCUT2D eigenvalue weighted by atomic mass is 10.0. The third-order valence-corrected chi connectivity index (χ3v) is 5.60. The number of thiophene rings is 1. The van der Waals surface area contributed by atoms with E-state index in [2.05, 4.69) is 33.6 Å². The zero-order chi connectivity index (χ0) is 17.4. The molecule has 1 aromatic carbocycles. The molecule has 1 unspecified atom stereocenters. The summed E-state index contributed by atoms with van der Waals surface area (Å²) in [7, 11) is 0. The van der Waals surface area contributed by atoms with Gasteiger partial charge in [-0.15, -0.1) is 23.7 Å². The van der Waals surface area contributed by atoms with E-state index in [1.54, 1.807) is 23.5 Å². The SMILES string of the molecule is Cc1cc(Nc2ccc(F)cc2)nc(N2CCc3ccsc3C2C)n1.Cl. The van der Waals surface area contributed by atoms with Gasteiger partial charge in [-0.3, -0.25) is 0 Å². The first-order chi connectivity index (χ1) is 12.1. The second-order valence-corrected chi connectivity index (χ2v) is 7.20. The van der Waals surface area contributed by atoms with Crippen LogP contribution in [0, 0.1) is 12.7 Å². The molecule has 3 aromatic rings. The van der Waals surface area contributed by atoms with Crippen molar-refractivity contribution >= 4 is 41.2 Å². The predicted octanol–water partition coefficient (Wildman–Crippen LogP) is 5.27. The maximum absolute atomic E-state index is 13.1. The number of nitrogens with zero attached hydrogens (tertiary/aromatic N) is 3. The summed E-state index contributed by atoms with van der Waals surface area (Å²) in [4.78, 5) is 13.0. The summed E-state index contributed by atoms with van der Waals surface area (Å²) < 4.78 is 13.1. The molecule has 0 saturated heterocycles. The van der Waals surface area contributed by atoms with Crippen LogP contribution in [-0.4, -0.2) is 16.5 Å². The summed E-state index contributed by atoms with van der Waals surface area (Å²) in [5.74, 6) is 1.20. The van der Waals surface area contributed by atoms with E-state index in [4.69, 9.17) is 4.98 Å². The summed E-state index contributed by atoms with van der Waals surface area (Å²) in [6.07, 6.45) is 1.02. The number of rotatable bonds is 3. The molecule has 3 heterocycles. The van der Waals surface area contributed by atoms with Crippen molar-refractivity contribution in [3.63, 3.8) is 0 Å². The van der Waals surface area contributed by atoms with Crippen LogP contribution in [0.15, 0.2) is 41.8 Å². The monoisotopic (exact) mass is 390 g/mol. The fourth-order valence-electron chi connectivity index (χ4n) is 3.20. The van der Waals surface area contributed by atoms with Crippen LogP contribution < -0.4 is 10.2 Å². The van der Waals surface area contributed by atoms with Gasteiger partial charge in [-0.25, -0.2) is 9.37 Å². The molecule has 4 rings (SSSR count). The molecule has 1 aliphatic heterocycles. The summed E-state index contributed by atoms with van der Waals surface area (Å²) in [5.41, 5.74) is 3.14. The minimum atomic E-state index is -0.251. The highest BCUT2D eigenvalue weighted by Gasteiger charge is 2.27. The number of anilines is 3. The largest absolute Gasteiger partial charge is 0.340 e. The molecule has 0 amide bonds. The Bertz CT molecular complexity index is 897. The van der Waals surface area contributed by atoms with Crippen molar-refractivity contribution in [2.45, 2.75) is 26.3 Å². The Morgan fingerprint density at radius 1 is 1.19 bits per heavy atom. The first-order valence-corrected chi connectivity index (χ1v) is 9.19. The van der Waals surface area contributed by atoms with E-state index in [9.17, 15) is 4.39 Å². The minimum Gasteiger partial charge on any atom is -0.340 e. The van der Waals surface area contributed by atoms with Crippen molar-refractivity contribution in [3.05, 3.63) is 63.7 Å². The van der Waals surface area contributed by atoms with Crippen LogP contribution in [0.2, 0.25) is 0 Å².